The topological polar surface area (TPSA) is 106 Å². The molecular formula is C29H25FN6O2S. The van der Waals surface area contributed by atoms with Crippen LogP contribution in [-0.4, -0.2) is 63.7 Å². The minimum atomic E-state index is -0.443. The molecule has 2 saturated heterocycles. The van der Waals surface area contributed by atoms with E-state index in [2.05, 4.69) is 22.5 Å². The van der Waals surface area contributed by atoms with Crippen molar-refractivity contribution in [3.63, 3.8) is 0 Å². The molecule has 39 heavy (non-hydrogen) atoms. The van der Waals surface area contributed by atoms with Crippen LogP contribution in [0, 0.1) is 22.6 Å². The quantitative estimate of drug-likeness (QED) is 0.366. The molecule has 196 valence electrons. The summed E-state index contributed by atoms with van der Waals surface area (Å²) in [7, 11) is 0. The largest absolute Gasteiger partial charge is 0.396 e. The Bertz CT molecular complexity index is 1660. The number of benzene rings is 1. The van der Waals surface area contributed by atoms with Gasteiger partial charge in [0, 0.05) is 67.5 Å². The number of aliphatic hydroxyl groups is 1. The summed E-state index contributed by atoms with van der Waals surface area (Å²) in [5.41, 5.74) is 5.21. The second-order valence-corrected chi connectivity index (χ2v) is 10.9. The summed E-state index contributed by atoms with van der Waals surface area (Å²) in [5, 5.41) is 19.8. The van der Waals surface area contributed by atoms with E-state index < -0.39 is 5.82 Å². The lowest BCUT2D eigenvalue weighted by Crippen LogP contribution is -2.59. The van der Waals surface area contributed by atoms with Gasteiger partial charge in [0.25, 0.3) is 0 Å². The van der Waals surface area contributed by atoms with Crippen LogP contribution in [0.2, 0.25) is 0 Å². The predicted octanol–water partition coefficient (Wildman–Crippen LogP) is 4.19. The Morgan fingerprint density at radius 3 is 2.85 bits per heavy atom. The number of halogens is 1. The zero-order chi connectivity index (χ0) is 27.1. The normalized spacial score (nSPS) is 15.9. The van der Waals surface area contributed by atoms with Crippen LogP contribution in [-0.2, 0) is 11.2 Å². The number of nitriles is 1. The Morgan fingerprint density at radius 2 is 2.10 bits per heavy atom. The highest BCUT2D eigenvalue weighted by Gasteiger charge is 2.49. The predicted molar refractivity (Wildman–Crippen MR) is 148 cm³/mol. The van der Waals surface area contributed by atoms with Crippen LogP contribution in [0.1, 0.15) is 17.7 Å². The van der Waals surface area contributed by atoms with Crippen molar-refractivity contribution in [2.24, 2.45) is 5.41 Å². The zero-order valence-corrected chi connectivity index (χ0v) is 21.9. The Labute approximate surface area is 228 Å². The van der Waals surface area contributed by atoms with E-state index in [9.17, 15) is 15.2 Å². The summed E-state index contributed by atoms with van der Waals surface area (Å²) in [6.07, 6.45) is 4.30. The van der Waals surface area contributed by atoms with Crippen LogP contribution in [0.15, 0.2) is 54.7 Å². The van der Waals surface area contributed by atoms with E-state index in [1.54, 1.807) is 34.8 Å². The van der Waals surface area contributed by atoms with Gasteiger partial charge in [-0.15, -0.1) is 11.3 Å². The lowest BCUT2D eigenvalue weighted by Gasteiger charge is -2.47. The van der Waals surface area contributed by atoms with Crippen molar-refractivity contribution in [3.8, 4) is 27.6 Å². The first-order chi connectivity index (χ1) is 19.0. The molecule has 6 rings (SSSR count). The van der Waals surface area contributed by atoms with E-state index in [4.69, 9.17) is 9.97 Å². The molecule has 10 heteroatoms. The molecule has 2 aliphatic heterocycles. The van der Waals surface area contributed by atoms with E-state index in [0.717, 1.165) is 22.6 Å². The van der Waals surface area contributed by atoms with Gasteiger partial charge in [-0.2, -0.15) is 5.26 Å². The standard InChI is InChI=1S/C29H25FN6O2S/c1-2-24(38)36-15-29(16-36)8-9-35(14-29)28-20(12-31)25(19-5-3-4-6-21(19)30)26-23(34-28)11-18(13-32-26)27-22(7-10-37)33-17-39-27/h2-6,11,13,17,37H,1,7-10,14-16H2. The SMILES string of the molecule is C=CC(=O)N1CC2(CCN(c3nc4cc(-c5scnc5CCO)cnc4c(-c4ccccc4F)c3C#N)C2)C1. The molecule has 8 nitrogen and oxygen atoms in total. The molecule has 1 aromatic carbocycles. The average Bonchev–Trinajstić information content (AvgIpc) is 3.59. The molecule has 0 radical (unpaired) electrons. The van der Waals surface area contributed by atoms with Crippen molar-refractivity contribution in [3.05, 3.63) is 71.8 Å². The molecule has 2 aliphatic rings. The van der Waals surface area contributed by atoms with Crippen LogP contribution in [0.3, 0.4) is 0 Å². The fourth-order valence-electron chi connectivity index (χ4n) is 5.73. The number of hydrogen-bond donors (Lipinski definition) is 1. The number of rotatable bonds is 6. The Hall–Kier alpha value is -4.20. The van der Waals surface area contributed by atoms with Gasteiger partial charge in [0.15, 0.2) is 0 Å². The first-order valence-corrected chi connectivity index (χ1v) is 13.5. The number of fused-ring (bicyclic) bond motifs is 1. The van der Waals surface area contributed by atoms with Crippen LogP contribution in [0.5, 0.6) is 0 Å². The van der Waals surface area contributed by atoms with Crippen LogP contribution in [0.4, 0.5) is 10.2 Å². The van der Waals surface area contributed by atoms with Gasteiger partial charge in [-0.25, -0.2) is 14.4 Å². The Kier molecular flexibility index (Phi) is 6.33. The van der Waals surface area contributed by atoms with E-state index >= 15 is 4.39 Å². The summed E-state index contributed by atoms with van der Waals surface area (Å²) in [6, 6.07) is 10.6. The van der Waals surface area contributed by atoms with Gasteiger partial charge in [0.2, 0.25) is 5.91 Å². The maximum Gasteiger partial charge on any atom is 0.245 e. The first-order valence-electron chi connectivity index (χ1n) is 12.7. The van der Waals surface area contributed by atoms with E-state index in [-0.39, 0.29) is 23.5 Å². The van der Waals surface area contributed by atoms with Crippen molar-refractivity contribution in [1.82, 2.24) is 19.9 Å². The van der Waals surface area contributed by atoms with Crippen molar-refractivity contribution < 1.29 is 14.3 Å². The van der Waals surface area contributed by atoms with Gasteiger partial charge in [-0.05, 0) is 24.6 Å². The van der Waals surface area contributed by atoms with Crippen molar-refractivity contribution in [2.75, 3.05) is 37.7 Å². The molecule has 0 bridgehead atoms. The highest BCUT2D eigenvalue weighted by atomic mass is 32.1. The van der Waals surface area contributed by atoms with Gasteiger partial charge >= 0.3 is 0 Å². The van der Waals surface area contributed by atoms with Crippen molar-refractivity contribution >= 4 is 34.1 Å². The third-order valence-corrected chi connectivity index (χ3v) is 8.51. The molecule has 0 aliphatic carbocycles. The highest BCUT2D eigenvalue weighted by molar-refractivity contribution is 7.13. The lowest BCUT2D eigenvalue weighted by molar-refractivity contribution is -0.136. The monoisotopic (exact) mass is 540 g/mol. The smallest absolute Gasteiger partial charge is 0.245 e. The van der Waals surface area contributed by atoms with Gasteiger partial charge in [0.1, 0.15) is 23.3 Å². The second kappa shape index (κ2) is 9.84. The summed E-state index contributed by atoms with van der Waals surface area (Å²) in [6.45, 7) is 6.14. The Balaban J connectivity index is 1.49. The van der Waals surface area contributed by atoms with Gasteiger partial charge in [-0.1, -0.05) is 24.8 Å². The zero-order valence-electron chi connectivity index (χ0n) is 21.1. The fraction of sp³-hybridized carbons (Fsp3) is 0.276. The Morgan fingerprint density at radius 1 is 1.28 bits per heavy atom. The van der Waals surface area contributed by atoms with Crippen molar-refractivity contribution in [2.45, 2.75) is 12.8 Å². The third-order valence-electron chi connectivity index (χ3n) is 7.59. The summed E-state index contributed by atoms with van der Waals surface area (Å²) in [4.78, 5) is 30.8. The number of carbonyl (C=O) groups excluding carboxylic acids is 1. The molecule has 1 N–H and O–H groups in total. The number of likely N-dealkylation sites (tertiary alicyclic amines) is 1. The summed E-state index contributed by atoms with van der Waals surface area (Å²) >= 11 is 1.45. The number of amides is 1. The lowest BCUT2D eigenvalue weighted by atomic mass is 9.79. The minimum absolute atomic E-state index is 0.0182. The highest BCUT2D eigenvalue weighted by Crippen LogP contribution is 2.44. The second-order valence-electron chi connectivity index (χ2n) is 10.0. The number of thiazole rings is 1. The molecule has 5 heterocycles. The molecule has 0 saturated carbocycles. The van der Waals surface area contributed by atoms with Gasteiger partial charge < -0.3 is 14.9 Å². The molecule has 3 aromatic heterocycles. The average molecular weight is 541 g/mol. The van der Waals surface area contributed by atoms with Gasteiger partial charge in [0.05, 0.1) is 27.1 Å². The third kappa shape index (κ3) is 4.24. The molecule has 2 fully saturated rings. The number of nitrogens with zero attached hydrogens (tertiary/aromatic N) is 6. The number of aromatic nitrogens is 3. The van der Waals surface area contributed by atoms with E-state index in [1.807, 2.05) is 6.07 Å². The fourth-order valence-corrected chi connectivity index (χ4v) is 6.55. The van der Waals surface area contributed by atoms with E-state index in [0.29, 0.717) is 60.6 Å². The summed E-state index contributed by atoms with van der Waals surface area (Å²) in [5.74, 6) is -0.0290. The number of pyridine rings is 2. The van der Waals surface area contributed by atoms with Gasteiger partial charge in [-0.3, -0.25) is 9.78 Å². The molecule has 1 spiro atoms. The maximum atomic E-state index is 15.2. The molecule has 1 amide bonds. The maximum absolute atomic E-state index is 15.2. The van der Waals surface area contributed by atoms with Crippen molar-refractivity contribution in [1.29, 1.82) is 5.26 Å². The van der Waals surface area contributed by atoms with E-state index in [1.165, 1.54) is 23.5 Å². The number of hydrogen-bond acceptors (Lipinski definition) is 8. The van der Waals surface area contributed by atoms with Crippen LogP contribution < -0.4 is 4.90 Å². The van der Waals surface area contributed by atoms with Crippen LogP contribution >= 0.6 is 11.3 Å². The molecular weight excluding hydrogens is 515 g/mol. The molecule has 0 unspecified atom stereocenters. The minimum Gasteiger partial charge on any atom is -0.396 e. The molecule has 0 atom stereocenters. The molecule has 4 aromatic rings. The van der Waals surface area contributed by atoms with Crippen LogP contribution in [0.25, 0.3) is 32.6 Å². The number of anilines is 1. The number of aliphatic hydroxyl groups excluding tert-OH is 1. The number of carbonyl (C=O) groups is 1. The summed E-state index contributed by atoms with van der Waals surface area (Å²) < 4.78 is 15.2. The first kappa shape index (κ1) is 25.1.